The standard InChI is InChI=1S/C15H17ClFN3O2/c1-20-7-12(6-19-20)22-15-9-21-8-14(15)18-5-10-2-3-11(17)4-13(10)16/h2-4,6-7,14-15,18H,5,8-9H2,1H3/t14-,15+/m0/s1. The summed E-state index contributed by atoms with van der Waals surface area (Å²) in [6, 6.07) is 4.43. The van der Waals surface area contributed by atoms with Gasteiger partial charge in [-0.2, -0.15) is 5.10 Å². The van der Waals surface area contributed by atoms with Crippen molar-refractivity contribution in [3.05, 3.63) is 47.0 Å². The lowest BCUT2D eigenvalue weighted by Crippen LogP contribution is -2.41. The second-order valence-corrected chi connectivity index (χ2v) is 5.67. The van der Waals surface area contributed by atoms with Crippen LogP contribution in [0.15, 0.2) is 30.6 Å². The Labute approximate surface area is 133 Å². The number of nitrogens with one attached hydrogen (secondary N) is 1. The van der Waals surface area contributed by atoms with Crippen LogP contribution in [-0.4, -0.2) is 35.1 Å². The first-order valence-electron chi connectivity index (χ1n) is 7.02. The molecule has 2 heterocycles. The van der Waals surface area contributed by atoms with Crippen molar-refractivity contribution in [1.29, 1.82) is 0 Å². The third kappa shape index (κ3) is 3.58. The smallest absolute Gasteiger partial charge is 0.157 e. The molecule has 1 aromatic heterocycles. The van der Waals surface area contributed by atoms with E-state index in [2.05, 4.69) is 10.4 Å². The molecule has 3 rings (SSSR count). The predicted molar refractivity (Wildman–Crippen MR) is 80.5 cm³/mol. The van der Waals surface area contributed by atoms with E-state index in [4.69, 9.17) is 21.1 Å². The fourth-order valence-electron chi connectivity index (χ4n) is 2.38. The van der Waals surface area contributed by atoms with Gasteiger partial charge in [0.05, 0.1) is 31.6 Å². The van der Waals surface area contributed by atoms with Crippen LogP contribution in [0.25, 0.3) is 0 Å². The molecule has 0 bridgehead atoms. The molecular weight excluding hydrogens is 309 g/mol. The highest BCUT2D eigenvalue weighted by Gasteiger charge is 2.30. The Morgan fingerprint density at radius 2 is 2.36 bits per heavy atom. The van der Waals surface area contributed by atoms with E-state index in [1.165, 1.54) is 12.1 Å². The highest BCUT2D eigenvalue weighted by atomic mass is 35.5. The summed E-state index contributed by atoms with van der Waals surface area (Å²) in [5.74, 6) is 0.375. The van der Waals surface area contributed by atoms with Gasteiger partial charge in [0, 0.05) is 18.6 Å². The van der Waals surface area contributed by atoms with Crippen LogP contribution in [-0.2, 0) is 18.3 Å². The van der Waals surface area contributed by atoms with Crippen molar-refractivity contribution in [3.63, 3.8) is 0 Å². The number of aromatic nitrogens is 2. The highest BCUT2D eigenvalue weighted by molar-refractivity contribution is 6.31. The van der Waals surface area contributed by atoms with Crippen molar-refractivity contribution in [2.24, 2.45) is 7.05 Å². The zero-order valence-corrected chi connectivity index (χ0v) is 12.9. The van der Waals surface area contributed by atoms with E-state index in [0.29, 0.717) is 30.5 Å². The van der Waals surface area contributed by atoms with Gasteiger partial charge in [0.15, 0.2) is 5.75 Å². The molecule has 0 radical (unpaired) electrons. The molecule has 5 nitrogen and oxygen atoms in total. The van der Waals surface area contributed by atoms with E-state index in [1.807, 2.05) is 13.2 Å². The molecule has 1 aliphatic rings. The van der Waals surface area contributed by atoms with Crippen LogP contribution in [0.2, 0.25) is 5.02 Å². The molecule has 0 amide bonds. The van der Waals surface area contributed by atoms with Crippen molar-refractivity contribution in [1.82, 2.24) is 15.1 Å². The largest absolute Gasteiger partial charge is 0.483 e. The van der Waals surface area contributed by atoms with E-state index in [-0.39, 0.29) is 18.0 Å². The van der Waals surface area contributed by atoms with E-state index < -0.39 is 0 Å². The zero-order chi connectivity index (χ0) is 15.5. The molecule has 0 unspecified atom stereocenters. The van der Waals surface area contributed by atoms with Gasteiger partial charge in [-0.25, -0.2) is 4.39 Å². The van der Waals surface area contributed by atoms with Gasteiger partial charge in [-0.1, -0.05) is 17.7 Å². The number of nitrogens with zero attached hydrogens (tertiary/aromatic N) is 2. The Balaban J connectivity index is 1.59. The van der Waals surface area contributed by atoms with Crippen LogP contribution in [0.4, 0.5) is 4.39 Å². The Morgan fingerprint density at radius 3 is 3.09 bits per heavy atom. The van der Waals surface area contributed by atoms with Crippen LogP contribution in [0, 0.1) is 5.82 Å². The fourth-order valence-corrected chi connectivity index (χ4v) is 2.62. The van der Waals surface area contributed by atoms with Gasteiger partial charge in [0.1, 0.15) is 11.9 Å². The average Bonchev–Trinajstić information content (AvgIpc) is 3.08. The number of halogens is 2. The van der Waals surface area contributed by atoms with Gasteiger partial charge in [0.25, 0.3) is 0 Å². The maximum Gasteiger partial charge on any atom is 0.157 e. The van der Waals surface area contributed by atoms with Crippen LogP contribution < -0.4 is 10.1 Å². The van der Waals surface area contributed by atoms with Crippen molar-refractivity contribution in [2.45, 2.75) is 18.7 Å². The Kier molecular flexibility index (Phi) is 4.61. The maximum atomic E-state index is 13.0. The molecule has 2 aromatic rings. The van der Waals surface area contributed by atoms with Crippen LogP contribution in [0.3, 0.4) is 0 Å². The maximum absolute atomic E-state index is 13.0. The van der Waals surface area contributed by atoms with Crippen molar-refractivity contribution < 1.29 is 13.9 Å². The molecule has 0 spiro atoms. The normalized spacial score (nSPS) is 21.2. The first-order valence-corrected chi connectivity index (χ1v) is 7.40. The summed E-state index contributed by atoms with van der Waals surface area (Å²) >= 11 is 6.03. The fraction of sp³-hybridized carbons (Fsp3) is 0.400. The van der Waals surface area contributed by atoms with Crippen molar-refractivity contribution >= 4 is 11.6 Å². The number of hydrogen-bond acceptors (Lipinski definition) is 4. The predicted octanol–water partition coefficient (Wildman–Crippen LogP) is 2.15. The molecule has 0 saturated carbocycles. The molecular formula is C15H17ClFN3O2. The Hall–Kier alpha value is -1.63. The number of hydrogen-bond donors (Lipinski definition) is 1. The summed E-state index contributed by atoms with van der Waals surface area (Å²) in [7, 11) is 1.84. The van der Waals surface area contributed by atoms with Crippen LogP contribution in [0.5, 0.6) is 5.75 Å². The van der Waals surface area contributed by atoms with Gasteiger partial charge in [-0.05, 0) is 17.7 Å². The number of benzene rings is 1. The zero-order valence-electron chi connectivity index (χ0n) is 12.1. The molecule has 22 heavy (non-hydrogen) atoms. The van der Waals surface area contributed by atoms with Gasteiger partial charge in [0.2, 0.25) is 0 Å². The summed E-state index contributed by atoms with van der Waals surface area (Å²) < 4.78 is 26.1. The molecule has 1 N–H and O–H groups in total. The molecule has 0 aliphatic carbocycles. The first kappa shape index (κ1) is 15.3. The topological polar surface area (TPSA) is 48.3 Å². The summed E-state index contributed by atoms with van der Waals surface area (Å²) in [6.45, 7) is 1.60. The number of ether oxygens (including phenoxy) is 2. The lowest BCUT2D eigenvalue weighted by Gasteiger charge is -2.20. The average molecular weight is 326 g/mol. The van der Waals surface area contributed by atoms with Crippen molar-refractivity contribution in [3.8, 4) is 5.75 Å². The van der Waals surface area contributed by atoms with Crippen LogP contribution in [0.1, 0.15) is 5.56 Å². The molecule has 2 atom stereocenters. The van der Waals surface area contributed by atoms with Gasteiger partial charge in [-0.15, -0.1) is 0 Å². The number of rotatable bonds is 5. The summed E-state index contributed by atoms with van der Waals surface area (Å²) in [5.41, 5.74) is 0.843. The third-order valence-electron chi connectivity index (χ3n) is 3.57. The Bertz CT molecular complexity index is 649. The van der Waals surface area contributed by atoms with E-state index in [1.54, 1.807) is 16.9 Å². The second-order valence-electron chi connectivity index (χ2n) is 5.27. The van der Waals surface area contributed by atoms with Gasteiger partial charge >= 0.3 is 0 Å². The lowest BCUT2D eigenvalue weighted by molar-refractivity contribution is 0.139. The molecule has 7 heteroatoms. The highest BCUT2D eigenvalue weighted by Crippen LogP contribution is 2.19. The number of aryl methyl sites for hydroxylation is 1. The Morgan fingerprint density at radius 1 is 1.50 bits per heavy atom. The molecule has 1 saturated heterocycles. The summed E-state index contributed by atoms with van der Waals surface area (Å²) in [4.78, 5) is 0. The SMILES string of the molecule is Cn1cc(O[C@@H]2COC[C@@H]2NCc2ccc(F)cc2Cl)cn1. The molecule has 1 aliphatic heterocycles. The lowest BCUT2D eigenvalue weighted by atomic mass is 10.1. The second kappa shape index (κ2) is 6.64. The van der Waals surface area contributed by atoms with Crippen molar-refractivity contribution in [2.75, 3.05) is 13.2 Å². The summed E-state index contributed by atoms with van der Waals surface area (Å²) in [5, 5.41) is 7.84. The van der Waals surface area contributed by atoms with E-state index in [0.717, 1.165) is 5.56 Å². The minimum atomic E-state index is -0.337. The molecule has 118 valence electrons. The first-order chi connectivity index (χ1) is 10.6. The monoisotopic (exact) mass is 325 g/mol. The summed E-state index contributed by atoms with van der Waals surface area (Å²) in [6.07, 6.45) is 3.39. The van der Waals surface area contributed by atoms with E-state index >= 15 is 0 Å². The minimum absolute atomic E-state index is 0.0429. The minimum Gasteiger partial charge on any atom is -0.483 e. The third-order valence-corrected chi connectivity index (χ3v) is 3.92. The van der Waals surface area contributed by atoms with Gasteiger partial charge < -0.3 is 14.8 Å². The quantitative estimate of drug-likeness (QED) is 0.915. The van der Waals surface area contributed by atoms with E-state index in [9.17, 15) is 4.39 Å². The molecule has 1 aromatic carbocycles. The van der Waals surface area contributed by atoms with Crippen LogP contribution >= 0.6 is 11.6 Å². The van der Waals surface area contributed by atoms with Gasteiger partial charge in [-0.3, -0.25) is 4.68 Å². The molecule has 1 fully saturated rings.